The lowest BCUT2D eigenvalue weighted by molar-refractivity contribution is -0.174. The van der Waals surface area contributed by atoms with Crippen LogP contribution >= 0.6 is 0 Å². The molecule has 1 aliphatic carbocycles. The molecule has 0 aliphatic heterocycles. The van der Waals surface area contributed by atoms with Crippen LogP contribution in [0.2, 0.25) is 0 Å². The highest BCUT2D eigenvalue weighted by Crippen LogP contribution is 2.39. The third kappa shape index (κ3) is 13.0. The number of aliphatic hydroxyl groups is 1. The molecule has 4 atom stereocenters. The topological polar surface area (TPSA) is 236 Å². The van der Waals surface area contributed by atoms with E-state index in [9.17, 15) is 32.7 Å². The van der Waals surface area contributed by atoms with Crippen molar-refractivity contribution in [2.75, 3.05) is 26.2 Å². The van der Waals surface area contributed by atoms with Crippen molar-refractivity contribution in [3.05, 3.63) is 32.5 Å². The number of nitrogens with one attached hydrogen (secondary N) is 3. The number of hydrogen-bond acceptors (Lipinski definition) is 9. The zero-order chi connectivity index (χ0) is 32.3. The Morgan fingerprint density at radius 3 is 1.93 bits per heavy atom. The Bertz CT molecular complexity index is 1120. The Morgan fingerprint density at radius 1 is 0.976 bits per heavy atom. The molecule has 0 radical (unpaired) electrons. The Morgan fingerprint density at radius 2 is 1.48 bits per heavy atom. The van der Waals surface area contributed by atoms with Gasteiger partial charge in [-0.3, -0.25) is 15.4 Å². The van der Waals surface area contributed by atoms with E-state index in [1.807, 2.05) is 0 Å². The van der Waals surface area contributed by atoms with Gasteiger partial charge in [-0.15, -0.1) is 0 Å². The number of ether oxygens (including phenoxy) is 2. The molecule has 0 saturated heterocycles. The maximum atomic E-state index is 12.7. The van der Waals surface area contributed by atoms with Crippen LogP contribution in [0.5, 0.6) is 0 Å². The van der Waals surface area contributed by atoms with Crippen LogP contribution in [-0.4, -0.2) is 78.8 Å². The number of amides is 3. The van der Waals surface area contributed by atoms with Gasteiger partial charge in [0.25, 0.3) is 0 Å². The molecule has 0 aromatic rings. The minimum absolute atomic E-state index is 0.160. The Balaban J connectivity index is 3.42. The van der Waals surface area contributed by atoms with Gasteiger partial charge in [0.15, 0.2) is 0 Å². The predicted molar refractivity (Wildman–Crippen MR) is 143 cm³/mol. The van der Waals surface area contributed by atoms with E-state index in [0.717, 1.165) is 0 Å². The standard InChI is InChI=1S/C23H35F3N10O6/c1-21(2,3)41-19(39)33-18(34-20(40)42-22(4,5)6)30-8-13-7-12(9-31-35-27)14(10-32-36-28)16(13)15(37)11-29-17(38)23(24,25)26/h7,12,14-16,37H,8-11H2,1-6H3,(H,29,38)(H2,30,33,34,39,40)/t12-,14-,15-,16-/m1/s1. The second-order valence-electron chi connectivity index (χ2n) is 11.1. The van der Waals surface area contributed by atoms with Crippen molar-refractivity contribution >= 4 is 24.1 Å². The quantitative estimate of drug-likeness (QED) is 0.0761. The number of aliphatic hydroxyl groups excluding tert-OH is 1. The van der Waals surface area contributed by atoms with Crippen LogP contribution in [0.25, 0.3) is 20.9 Å². The van der Waals surface area contributed by atoms with Crippen LogP contribution in [0.4, 0.5) is 22.8 Å². The summed E-state index contributed by atoms with van der Waals surface area (Å²) in [5.74, 6) is -5.14. The molecule has 1 aliphatic rings. The molecule has 0 aromatic carbocycles. The van der Waals surface area contributed by atoms with Crippen LogP contribution in [0.15, 0.2) is 26.9 Å². The molecule has 19 heteroatoms. The lowest BCUT2D eigenvalue weighted by atomic mass is 9.82. The van der Waals surface area contributed by atoms with E-state index < -0.39 is 71.8 Å². The number of carbonyl (C=O) groups is 3. The van der Waals surface area contributed by atoms with Crippen molar-refractivity contribution in [1.82, 2.24) is 16.0 Å². The number of azide groups is 2. The molecule has 4 N–H and O–H groups in total. The molecule has 1 rings (SSSR count). The fraction of sp³-hybridized carbons (Fsp3) is 0.739. The van der Waals surface area contributed by atoms with Crippen molar-refractivity contribution in [3.63, 3.8) is 0 Å². The first kappa shape index (κ1) is 35.8. The zero-order valence-electron chi connectivity index (χ0n) is 24.0. The number of halogens is 3. The summed E-state index contributed by atoms with van der Waals surface area (Å²) in [5, 5.41) is 24.0. The number of carbonyl (C=O) groups excluding carboxylic acids is 3. The predicted octanol–water partition coefficient (Wildman–Crippen LogP) is 3.84. The van der Waals surface area contributed by atoms with Gasteiger partial charge < -0.3 is 19.9 Å². The molecular formula is C23H35F3N10O6. The molecule has 0 spiro atoms. The van der Waals surface area contributed by atoms with Gasteiger partial charge in [0.05, 0.1) is 12.6 Å². The summed E-state index contributed by atoms with van der Waals surface area (Å²) in [6, 6.07) is 0. The maximum Gasteiger partial charge on any atom is 0.471 e. The molecule has 0 heterocycles. The van der Waals surface area contributed by atoms with Gasteiger partial charge in [-0.25, -0.2) is 14.6 Å². The fourth-order valence-corrected chi connectivity index (χ4v) is 3.95. The Kier molecular flexibility index (Phi) is 12.9. The lowest BCUT2D eigenvalue weighted by Crippen LogP contribution is -2.47. The van der Waals surface area contributed by atoms with E-state index in [1.165, 1.54) is 6.08 Å². The van der Waals surface area contributed by atoms with Crippen molar-refractivity contribution in [1.29, 1.82) is 0 Å². The summed E-state index contributed by atoms with van der Waals surface area (Å²) in [4.78, 5) is 45.7. The summed E-state index contributed by atoms with van der Waals surface area (Å²) in [5.41, 5.74) is 16.1. The molecule has 234 valence electrons. The van der Waals surface area contributed by atoms with Crippen LogP contribution < -0.4 is 16.0 Å². The number of nitrogens with zero attached hydrogens (tertiary/aromatic N) is 7. The van der Waals surface area contributed by atoms with Crippen molar-refractivity contribution in [2.24, 2.45) is 33.0 Å². The number of alkyl carbamates (subject to hydrolysis) is 2. The van der Waals surface area contributed by atoms with E-state index in [0.29, 0.717) is 0 Å². The van der Waals surface area contributed by atoms with Gasteiger partial charge in [0.1, 0.15) is 11.2 Å². The summed E-state index contributed by atoms with van der Waals surface area (Å²) >= 11 is 0. The summed E-state index contributed by atoms with van der Waals surface area (Å²) in [6.45, 7) is 8.02. The number of hydrogen-bond donors (Lipinski definition) is 4. The van der Waals surface area contributed by atoms with E-state index in [2.05, 4.69) is 35.7 Å². The maximum absolute atomic E-state index is 12.7. The second-order valence-corrected chi connectivity index (χ2v) is 11.1. The lowest BCUT2D eigenvalue weighted by Gasteiger charge is -2.29. The highest BCUT2D eigenvalue weighted by atomic mass is 19.4. The minimum atomic E-state index is -5.19. The van der Waals surface area contributed by atoms with Crippen molar-refractivity contribution in [2.45, 2.75) is 65.0 Å². The number of alkyl halides is 3. The smallest absolute Gasteiger partial charge is 0.444 e. The Hall–Kier alpha value is -4.21. The number of aliphatic imine (C=N–C) groups is 1. The van der Waals surface area contributed by atoms with Gasteiger partial charge in [0.2, 0.25) is 5.96 Å². The molecule has 0 unspecified atom stereocenters. The SMILES string of the molecule is CC(C)(C)OC(=O)NC(=NCC1=C[C@H](CN=[N+]=[N-])[C@@H](CN=[N+]=[N-])[C@@H]1[C@H](O)CNC(=O)C(F)(F)F)NC(=O)OC(C)(C)C. The summed E-state index contributed by atoms with van der Waals surface area (Å²) in [6.07, 6.45) is -7.25. The van der Waals surface area contributed by atoms with Gasteiger partial charge in [-0.05, 0) is 70.0 Å². The van der Waals surface area contributed by atoms with Gasteiger partial charge >= 0.3 is 24.3 Å². The average Bonchev–Trinajstić information content (AvgIpc) is 3.17. The number of rotatable bonds is 9. The van der Waals surface area contributed by atoms with Crippen LogP contribution in [-0.2, 0) is 14.3 Å². The monoisotopic (exact) mass is 604 g/mol. The number of guanidine groups is 1. The third-order valence-electron chi connectivity index (χ3n) is 5.38. The average molecular weight is 605 g/mol. The molecular weight excluding hydrogens is 569 g/mol. The molecule has 0 aromatic heterocycles. The molecule has 16 nitrogen and oxygen atoms in total. The first-order chi connectivity index (χ1) is 19.3. The zero-order valence-corrected chi connectivity index (χ0v) is 24.0. The second kappa shape index (κ2) is 15.1. The van der Waals surface area contributed by atoms with Gasteiger partial charge in [-0.2, -0.15) is 13.2 Å². The fourth-order valence-electron chi connectivity index (χ4n) is 3.95. The minimum Gasteiger partial charge on any atom is -0.444 e. The molecule has 3 amide bonds. The first-order valence-electron chi connectivity index (χ1n) is 12.6. The van der Waals surface area contributed by atoms with E-state index >= 15 is 0 Å². The third-order valence-corrected chi connectivity index (χ3v) is 5.38. The van der Waals surface area contributed by atoms with Crippen LogP contribution in [0.1, 0.15) is 41.5 Å². The summed E-state index contributed by atoms with van der Waals surface area (Å²) in [7, 11) is 0. The largest absolute Gasteiger partial charge is 0.471 e. The van der Waals surface area contributed by atoms with Crippen LogP contribution in [0, 0.1) is 17.8 Å². The van der Waals surface area contributed by atoms with Gasteiger partial charge in [-0.1, -0.05) is 16.3 Å². The normalized spacial score (nSPS) is 19.2. The van der Waals surface area contributed by atoms with Gasteiger partial charge in [0, 0.05) is 35.4 Å². The summed E-state index contributed by atoms with van der Waals surface area (Å²) < 4.78 is 48.5. The van der Waals surface area contributed by atoms with E-state index in [-0.39, 0.29) is 25.2 Å². The molecule has 0 bridgehead atoms. The van der Waals surface area contributed by atoms with Crippen molar-refractivity contribution < 1.29 is 42.1 Å². The Labute approximate surface area is 239 Å². The highest BCUT2D eigenvalue weighted by molar-refractivity contribution is 6.01. The molecule has 0 saturated carbocycles. The van der Waals surface area contributed by atoms with Crippen molar-refractivity contribution in [3.8, 4) is 0 Å². The van der Waals surface area contributed by atoms with E-state index in [1.54, 1.807) is 46.9 Å². The first-order valence-corrected chi connectivity index (χ1v) is 12.6. The highest BCUT2D eigenvalue weighted by Gasteiger charge is 2.42. The van der Waals surface area contributed by atoms with Crippen LogP contribution in [0.3, 0.4) is 0 Å². The molecule has 42 heavy (non-hydrogen) atoms. The molecule has 0 fully saturated rings. The van der Waals surface area contributed by atoms with E-state index in [4.69, 9.17) is 20.5 Å².